The van der Waals surface area contributed by atoms with Crippen LogP contribution in [-0.2, 0) is 19.4 Å². The van der Waals surface area contributed by atoms with Crippen LogP contribution in [0.3, 0.4) is 0 Å². The molecule has 0 unspecified atom stereocenters. The lowest BCUT2D eigenvalue weighted by molar-refractivity contribution is -0.133. The fourth-order valence-corrected chi connectivity index (χ4v) is 5.25. The Kier molecular flexibility index (Phi) is 6.43. The highest BCUT2D eigenvalue weighted by molar-refractivity contribution is 7.90. The molecule has 1 saturated heterocycles. The van der Waals surface area contributed by atoms with E-state index in [-0.39, 0.29) is 29.6 Å². The first kappa shape index (κ1) is 22.2. The first-order valence-electron chi connectivity index (χ1n) is 10.3. The Labute approximate surface area is 190 Å². The predicted octanol–water partition coefficient (Wildman–Crippen LogP) is 2.77. The van der Waals surface area contributed by atoms with Crippen molar-refractivity contribution in [3.05, 3.63) is 48.5 Å². The quantitative estimate of drug-likeness (QED) is 0.592. The van der Waals surface area contributed by atoms with Gasteiger partial charge in [0.2, 0.25) is 11.8 Å². The zero-order valence-electron chi connectivity index (χ0n) is 17.7. The number of benzene rings is 2. The molecule has 0 atom stereocenters. The van der Waals surface area contributed by atoms with Gasteiger partial charge in [0.15, 0.2) is 15.0 Å². The van der Waals surface area contributed by atoms with Gasteiger partial charge >= 0.3 is 0 Å². The number of carbonyl (C=O) groups is 2. The number of hydrogen-bond acceptors (Lipinski definition) is 7. The molecular formula is C22H24N4O4S2. The Bertz CT molecular complexity index is 1230. The second-order valence-electron chi connectivity index (χ2n) is 7.67. The smallest absolute Gasteiger partial charge is 0.226 e. The first-order valence-corrected chi connectivity index (χ1v) is 13.0. The largest absolute Gasteiger partial charge is 0.368 e. The molecule has 10 heteroatoms. The minimum absolute atomic E-state index is 0.0324. The predicted molar refractivity (Wildman–Crippen MR) is 126 cm³/mol. The van der Waals surface area contributed by atoms with Gasteiger partial charge in [-0.05, 0) is 30.3 Å². The van der Waals surface area contributed by atoms with Gasteiger partial charge in [0.05, 0.1) is 15.1 Å². The molecule has 2 heterocycles. The van der Waals surface area contributed by atoms with Crippen LogP contribution < -0.4 is 10.2 Å². The molecule has 0 aliphatic carbocycles. The average Bonchev–Trinajstić information content (AvgIpc) is 3.19. The highest BCUT2D eigenvalue weighted by Crippen LogP contribution is 2.28. The summed E-state index contributed by atoms with van der Waals surface area (Å²) in [6.45, 7) is 2.80. The highest BCUT2D eigenvalue weighted by Gasteiger charge is 2.22. The number of sulfone groups is 1. The number of hydrogen-bond donors (Lipinski definition) is 1. The van der Waals surface area contributed by atoms with E-state index >= 15 is 0 Å². The van der Waals surface area contributed by atoms with Crippen LogP contribution in [0.15, 0.2) is 53.4 Å². The second kappa shape index (κ2) is 9.25. The normalized spacial score (nSPS) is 14.5. The molecule has 1 N–H and O–H groups in total. The summed E-state index contributed by atoms with van der Waals surface area (Å²) >= 11 is 1.21. The Morgan fingerprint density at radius 2 is 1.75 bits per heavy atom. The number of fused-ring (bicyclic) bond motifs is 1. The summed E-state index contributed by atoms with van der Waals surface area (Å²) in [6.07, 6.45) is 1.36. The van der Waals surface area contributed by atoms with Crippen LogP contribution in [0, 0.1) is 0 Å². The molecule has 168 valence electrons. The third-order valence-electron chi connectivity index (χ3n) is 5.35. The van der Waals surface area contributed by atoms with Crippen molar-refractivity contribution in [3.8, 4) is 0 Å². The van der Waals surface area contributed by atoms with Crippen molar-refractivity contribution in [1.29, 1.82) is 0 Å². The number of carbonyl (C=O) groups excluding carboxylic acids is 2. The standard InChI is InChI=1S/C22H24N4O4S2/c1-32(29,30)17-7-8-18-19(15-17)31-22(23-18)24-20(27)9-10-21(28)26-13-11-25(12-14-26)16-5-3-2-4-6-16/h2-8,15H,9-14H2,1H3,(H,23,24,27). The number of piperazine rings is 1. The summed E-state index contributed by atoms with van der Waals surface area (Å²) < 4.78 is 24.1. The van der Waals surface area contributed by atoms with Crippen molar-refractivity contribution < 1.29 is 18.0 Å². The number of thiazole rings is 1. The number of nitrogens with zero attached hydrogens (tertiary/aromatic N) is 3. The van der Waals surface area contributed by atoms with Crippen molar-refractivity contribution >= 4 is 54.0 Å². The molecule has 8 nitrogen and oxygen atoms in total. The Morgan fingerprint density at radius 1 is 1.03 bits per heavy atom. The summed E-state index contributed by atoms with van der Waals surface area (Å²) in [5, 5.41) is 3.10. The van der Waals surface area contributed by atoms with Crippen LogP contribution >= 0.6 is 11.3 Å². The Balaban J connectivity index is 1.27. The van der Waals surface area contributed by atoms with Gasteiger partial charge in [-0.25, -0.2) is 13.4 Å². The third kappa shape index (κ3) is 5.25. The van der Waals surface area contributed by atoms with E-state index in [4.69, 9.17) is 0 Å². The average molecular weight is 473 g/mol. The highest BCUT2D eigenvalue weighted by atomic mass is 32.2. The van der Waals surface area contributed by atoms with Gasteiger partial charge in [0.25, 0.3) is 0 Å². The lowest BCUT2D eigenvalue weighted by Crippen LogP contribution is -2.48. The van der Waals surface area contributed by atoms with E-state index < -0.39 is 9.84 Å². The second-order valence-corrected chi connectivity index (χ2v) is 10.7. The minimum Gasteiger partial charge on any atom is -0.368 e. The SMILES string of the molecule is CS(=O)(=O)c1ccc2nc(NC(=O)CCC(=O)N3CCN(c4ccccc4)CC3)sc2c1. The van der Waals surface area contributed by atoms with Crippen LogP contribution in [-0.4, -0.2) is 62.6 Å². The number of aromatic nitrogens is 1. The van der Waals surface area contributed by atoms with E-state index in [1.54, 1.807) is 17.0 Å². The number of para-hydroxylation sites is 1. The van der Waals surface area contributed by atoms with Gasteiger partial charge in [0, 0.05) is 51.0 Å². The van der Waals surface area contributed by atoms with E-state index in [2.05, 4.69) is 27.3 Å². The molecule has 1 aromatic heterocycles. The number of nitrogens with one attached hydrogen (secondary N) is 1. The lowest BCUT2D eigenvalue weighted by Gasteiger charge is -2.36. The summed E-state index contributed by atoms with van der Waals surface area (Å²) in [4.78, 5) is 33.4. The van der Waals surface area contributed by atoms with Crippen LogP contribution in [0.5, 0.6) is 0 Å². The van der Waals surface area contributed by atoms with Crippen LogP contribution in [0.25, 0.3) is 10.2 Å². The molecule has 3 aromatic rings. The first-order chi connectivity index (χ1) is 15.3. The maximum absolute atomic E-state index is 12.5. The summed E-state index contributed by atoms with van der Waals surface area (Å²) in [5.74, 6) is -0.321. The van der Waals surface area contributed by atoms with Crippen molar-refractivity contribution in [3.63, 3.8) is 0 Å². The molecule has 0 spiro atoms. The van der Waals surface area contributed by atoms with Crippen molar-refractivity contribution in [2.75, 3.05) is 42.7 Å². The van der Waals surface area contributed by atoms with E-state index in [0.29, 0.717) is 28.4 Å². The molecule has 0 saturated carbocycles. The number of amides is 2. The zero-order valence-corrected chi connectivity index (χ0v) is 19.3. The Hall–Kier alpha value is -2.98. The summed E-state index contributed by atoms with van der Waals surface area (Å²) in [6, 6.07) is 14.8. The zero-order chi connectivity index (χ0) is 22.7. The summed E-state index contributed by atoms with van der Waals surface area (Å²) in [5.41, 5.74) is 1.77. The van der Waals surface area contributed by atoms with Gasteiger partial charge in [0.1, 0.15) is 0 Å². The van der Waals surface area contributed by atoms with Crippen molar-refractivity contribution in [1.82, 2.24) is 9.88 Å². The van der Waals surface area contributed by atoms with Gasteiger partial charge in [-0.1, -0.05) is 29.5 Å². The maximum Gasteiger partial charge on any atom is 0.226 e. The molecule has 0 radical (unpaired) electrons. The van der Waals surface area contributed by atoms with Crippen molar-refractivity contribution in [2.45, 2.75) is 17.7 Å². The fourth-order valence-electron chi connectivity index (χ4n) is 3.60. The van der Waals surface area contributed by atoms with E-state index in [1.807, 2.05) is 18.2 Å². The summed E-state index contributed by atoms with van der Waals surface area (Å²) in [7, 11) is -3.31. The fraction of sp³-hybridized carbons (Fsp3) is 0.318. The maximum atomic E-state index is 12.5. The molecule has 0 bridgehead atoms. The van der Waals surface area contributed by atoms with E-state index in [0.717, 1.165) is 25.0 Å². The molecule has 1 aliphatic rings. The van der Waals surface area contributed by atoms with Crippen molar-refractivity contribution in [2.24, 2.45) is 0 Å². The van der Waals surface area contributed by atoms with Gasteiger partial charge < -0.3 is 15.1 Å². The van der Waals surface area contributed by atoms with Gasteiger partial charge in [-0.2, -0.15) is 0 Å². The molecule has 32 heavy (non-hydrogen) atoms. The Morgan fingerprint density at radius 3 is 2.44 bits per heavy atom. The molecule has 4 rings (SSSR count). The third-order valence-corrected chi connectivity index (χ3v) is 7.40. The number of anilines is 2. The number of rotatable bonds is 6. The molecule has 2 amide bonds. The molecule has 1 fully saturated rings. The minimum atomic E-state index is -3.31. The molecule has 2 aromatic carbocycles. The van der Waals surface area contributed by atoms with Gasteiger partial charge in [-0.3, -0.25) is 9.59 Å². The van der Waals surface area contributed by atoms with Crippen LogP contribution in [0.2, 0.25) is 0 Å². The van der Waals surface area contributed by atoms with Gasteiger partial charge in [-0.15, -0.1) is 0 Å². The van der Waals surface area contributed by atoms with Crippen LogP contribution in [0.4, 0.5) is 10.8 Å². The van der Waals surface area contributed by atoms with Crippen LogP contribution in [0.1, 0.15) is 12.8 Å². The van der Waals surface area contributed by atoms with E-state index in [1.165, 1.54) is 17.4 Å². The lowest BCUT2D eigenvalue weighted by atomic mass is 10.2. The molecule has 1 aliphatic heterocycles. The monoisotopic (exact) mass is 472 g/mol. The topological polar surface area (TPSA) is 99.7 Å². The van der Waals surface area contributed by atoms with E-state index in [9.17, 15) is 18.0 Å². The molecular weight excluding hydrogens is 448 g/mol.